The van der Waals surface area contributed by atoms with E-state index in [4.69, 9.17) is 0 Å². The Morgan fingerprint density at radius 3 is 2.68 bits per heavy atom. The zero-order valence-corrected chi connectivity index (χ0v) is 15.8. The van der Waals surface area contributed by atoms with Gasteiger partial charge in [-0.05, 0) is 47.3 Å². The highest BCUT2D eigenvalue weighted by atomic mass is 32.1. The minimum atomic E-state index is -0.306. The van der Waals surface area contributed by atoms with E-state index in [-0.39, 0.29) is 11.7 Å². The van der Waals surface area contributed by atoms with Crippen molar-refractivity contribution < 1.29 is 9.18 Å². The van der Waals surface area contributed by atoms with Gasteiger partial charge in [-0.2, -0.15) is 4.37 Å². The van der Waals surface area contributed by atoms with Gasteiger partial charge in [-0.25, -0.2) is 4.39 Å². The van der Waals surface area contributed by atoms with Gasteiger partial charge in [-0.3, -0.25) is 9.78 Å². The highest BCUT2D eigenvalue weighted by Crippen LogP contribution is 2.30. The lowest BCUT2D eigenvalue weighted by molar-refractivity contribution is 0.0741. The average Bonchev–Trinajstić information content (AvgIpc) is 3.17. The summed E-state index contributed by atoms with van der Waals surface area (Å²) in [4.78, 5) is 21.2. The molecule has 140 valence electrons. The van der Waals surface area contributed by atoms with E-state index in [0.717, 1.165) is 29.7 Å². The average molecular weight is 392 g/mol. The van der Waals surface area contributed by atoms with E-state index in [2.05, 4.69) is 26.4 Å². The number of nitrogens with zero attached hydrogens (tertiary/aromatic N) is 4. The van der Waals surface area contributed by atoms with Gasteiger partial charge in [0.1, 0.15) is 17.3 Å². The van der Waals surface area contributed by atoms with Crippen LogP contribution in [0.15, 0.2) is 54.7 Å². The number of benzene rings is 2. The molecule has 5 nitrogen and oxygen atoms in total. The molecule has 0 unspecified atom stereocenters. The van der Waals surface area contributed by atoms with Crippen molar-refractivity contribution in [3.05, 3.63) is 66.2 Å². The van der Waals surface area contributed by atoms with E-state index in [0.29, 0.717) is 24.2 Å². The SMILES string of the molecule is O=C(c1cc2ccc(F)cc2cn1)N1CCN(c2nsc3ccccc23)CC1. The molecular weight excluding hydrogens is 375 g/mol. The Balaban J connectivity index is 1.32. The van der Waals surface area contributed by atoms with Crippen molar-refractivity contribution >= 4 is 44.1 Å². The molecule has 0 aliphatic carbocycles. The molecule has 0 atom stereocenters. The summed E-state index contributed by atoms with van der Waals surface area (Å²) in [6, 6.07) is 14.4. The van der Waals surface area contributed by atoms with Crippen molar-refractivity contribution in [3.63, 3.8) is 0 Å². The lowest BCUT2D eigenvalue weighted by Gasteiger charge is -2.35. The van der Waals surface area contributed by atoms with Crippen molar-refractivity contribution in [2.75, 3.05) is 31.1 Å². The molecule has 1 fully saturated rings. The summed E-state index contributed by atoms with van der Waals surface area (Å²) in [5.74, 6) is 0.603. The van der Waals surface area contributed by atoms with E-state index < -0.39 is 0 Å². The summed E-state index contributed by atoms with van der Waals surface area (Å²) in [6.07, 6.45) is 1.56. The third-order valence-corrected chi connectivity index (χ3v) is 5.94. The third-order valence-electron chi connectivity index (χ3n) is 5.13. The van der Waals surface area contributed by atoms with Crippen LogP contribution in [0.5, 0.6) is 0 Å². The maximum Gasteiger partial charge on any atom is 0.272 e. The van der Waals surface area contributed by atoms with Crippen LogP contribution in [0.3, 0.4) is 0 Å². The fourth-order valence-corrected chi connectivity index (χ4v) is 4.41. The van der Waals surface area contributed by atoms with Gasteiger partial charge < -0.3 is 9.80 Å². The number of aromatic nitrogens is 2. The molecule has 7 heteroatoms. The first kappa shape index (κ1) is 17.1. The van der Waals surface area contributed by atoms with Crippen LogP contribution in [-0.4, -0.2) is 46.3 Å². The number of amides is 1. The number of halogens is 1. The highest BCUT2D eigenvalue weighted by molar-refractivity contribution is 7.13. The molecule has 0 saturated carbocycles. The van der Waals surface area contributed by atoms with E-state index in [1.54, 1.807) is 18.3 Å². The standard InChI is InChI=1S/C21H17FN4OS/c22-16-6-5-14-12-18(23-13-15(14)11-16)21(27)26-9-7-25(8-10-26)20-17-3-1-2-4-19(17)28-24-20/h1-6,11-13H,7-10H2. The molecule has 2 aromatic heterocycles. The predicted molar refractivity (Wildman–Crippen MR) is 109 cm³/mol. The van der Waals surface area contributed by atoms with Crippen LogP contribution in [0.25, 0.3) is 20.9 Å². The first-order valence-electron chi connectivity index (χ1n) is 9.13. The van der Waals surface area contributed by atoms with Crippen molar-refractivity contribution in [1.29, 1.82) is 0 Å². The van der Waals surface area contributed by atoms with Crippen LogP contribution in [0.1, 0.15) is 10.5 Å². The van der Waals surface area contributed by atoms with E-state index in [1.807, 2.05) is 17.0 Å². The normalized spacial score (nSPS) is 14.8. The monoisotopic (exact) mass is 392 g/mol. The quantitative estimate of drug-likeness (QED) is 0.518. The van der Waals surface area contributed by atoms with E-state index in [9.17, 15) is 9.18 Å². The van der Waals surface area contributed by atoms with Gasteiger partial charge in [0.2, 0.25) is 0 Å². The number of piperazine rings is 1. The van der Waals surface area contributed by atoms with Gasteiger partial charge in [0, 0.05) is 43.1 Å². The second-order valence-corrected chi connectivity index (χ2v) is 7.65. The molecule has 28 heavy (non-hydrogen) atoms. The number of rotatable bonds is 2. The maximum atomic E-state index is 13.3. The van der Waals surface area contributed by atoms with Crippen molar-refractivity contribution in [3.8, 4) is 0 Å². The zero-order valence-electron chi connectivity index (χ0n) is 15.0. The predicted octanol–water partition coefficient (Wildman–Crippen LogP) is 3.95. The van der Waals surface area contributed by atoms with Gasteiger partial charge in [0.05, 0.1) is 4.70 Å². The Hall–Kier alpha value is -3.06. The molecule has 1 amide bonds. The molecule has 0 N–H and O–H groups in total. The van der Waals surface area contributed by atoms with Gasteiger partial charge in [-0.15, -0.1) is 0 Å². The molecule has 0 spiro atoms. The van der Waals surface area contributed by atoms with Crippen LogP contribution < -0.4 is 4.90 Å². The number of hydrogen-bond acceptors (Lipinski definition) is 5. The molecule has 1 aliphatic rings. The minimum Gasteiger partial charge on any atom is -0.352 e. The van der Waals surface area contributed by atoms with Gasteiger partial charge >= 0.3 is 0 Å². The number of fused-ring (bicyclic) bond motifs is 2. The number of anilines is 1. The van der Waals surface area contributed by atoms with Crippen molar-refractivity contribution in [2.45, 2.75) is 0 Å². The number of pyridine rings is 1. The van der Waals surface area contributed by atoms with E-state index in [1.165, 1.54) is 28.4 Å². The Morgan fingerprint density at radius 1 is 1.00 bits per heavy atom. The molecule has 0 bridgehead atoms. The number of hydrogen-bond donors (Lipinski definition) is 0. The molecule has 1 aliphatic heterocycles. The third kappa shape index (κ3) is 2.97. The smallest absolute Gasteiger partial charge is 0.272 e. The molecule has 2 aromatic carbocycles. The summed E-state index contributed by atoms with van der Waals surface area (Å²) in [5, 5.41) is 2.67. The maximum absolute atomic E-state index is 13.3. The number of carbonyl (C=O) groups excluding carboxylic acids is 1. The fraction of sp³-hybridized carbons (Fsp3) is 0.190. The largest absolute Gasteiger partial charge is 0.352 e. The summed E-state index contributed by atoms with van der Waals surface area (Å²) in [6.45, 7) is 2.71. The summed E-state index contributed by atoms with van der Waals surface area (Å²) < 4.78 is 19.1. The van der Waals surface area contributed by atoms with Gasteiger partial charge in [-0.1, -0.05) is 18.2 Å². The topological polar surface area (TPSA) is 49.3 Å². The molecular formula is C21H17FN4OS. The summed E-state index contributed by atoms with van der Waals surface area (Å²) >= 11 is 1.50. The van der Waals surface area contributed by atoms with E-state index >= 15 is 0 Å². The second-order valence-electron chi connectivity index (χ2n) is 6.84. The van der Waals surface area contributed by atoms with Gasteiger partial charge in [0.25, 0.3) is 5.91 Å². The van der Waals surface area contributed by atoms with Gasteiger partial charge in [0.15, 0.2) is 0 Å². The van der Waals surface area contributed by atoms with Crippen molar-refractivity contribution in [2.24, 2.45) is 0 Å². The number of carbonyl (C=O) groups is 1. The summed E-state index contributed by atoms with van der Waals surface area (Å²) in [5.41, 5.74) is 0.395. The lowest BCUT2D eigenvalue weighted by Crippen LogP contribution is -2.49. The molecule has 5 rings (SSSR count). The first-order valence-corrected chi connectivity index (χ1v) is 9.90. The fourth-order valence-electron chi connectivity index (χ4n) is 3.61. The highest BCUT2D eigenvalue weighted by Gasteiger charge is 2.25. The molecule has 1 saturated heterocycles. The Bertz CT molecular complexity index is 1180. The van der Waals surface area contributed by atoms with Crippen LogP contribution in [0.2, 0.25) is 0 Å². The minimum absolute atomic E-state index is 0.0889. The van der Waals surface area contributed by atoms with Crippen LogP contribution in [0.4, 0.5) is 10.2 Å². The molecule has 0 radical (unpaired) electrons. The van der Waals surface area contributed by atoms with Crippen molar-refractivity contribution in [1.82, 2.24) is 14.3 Å². The van der Waals surface area contributed by atoms with Crippen LogP contribution >= 0.6 is 11.5 Å². The Labute approximate surface area is 165 Å². The first-order chi connectivity index (χ1) is 13.7. The molecule has 3 heterocycles. The van der Waals surface area contributed by atoms with Crippen LogP contribution in [0, 0.1) is 5.82 Å². The van der Waals surface area contributed by atoms with Crippen LogP contribution in [-0.2, 0) is 0 Å². The Morgan fingerprint density at radius 2 is 1.82 bits per heavy atom. The second kappa shape index (κ2) is 6.83. The molecule has 4 aromatic rings. The zero-order chi connectivity index (χ0) is 19.1. The Kier molecular flexibility index (Phi) is 4.16. The lowest BCUT2D eigenvalue weighted by atomic mass is 10.1. The summed E-state index contributed by atoms with van der Waals surface area (Å²) in [7, 11) is 0.